The van der Waals surface area contributed by atoms with Crippen LogP contribution in [0.5, 0.6) is 11.5 Å². The molecule has 0 bridgehead atoms. The topological polar surface area (TPSA) is 33.5 Å². The van der Waals surface area contributed by atoms with E-state index < -0.39 is 226 Å². The fourth-order valence-corrected chi connectivity index (χ4v) is 10.0. The van der Waals surface area contributed by atoms with Crippen molar-refractivity contribution in [2.24, 2.45) is 0 Å². The monoisotopic (exact) mass is 1030 g/mol. The zero-order valence-corrected chi connectivity index (χ0v) is 40.4. The van der Waals surface area contributed by atoms with Crippen molar-refractivity contribution in [3.8, 4) is 39.6 Å². The third-order valence-electron chi connectivity index (χ3n) is 13.7. The molecule has 0 unspecified atom stereocenters. The minimum Gasteiger partial charge on any atom is -0.457 e. The Balaban J connectivity index is 1.30. The van der Waals surface area contributed by atoms with E-state index in [4.69, 9.17) is 42.6 Å². The summed E-state index contributed by atoms with van der Waals surface area (Å²) in [5, 5.41) is 1.60. The molecule has 0 N–H and O–H groups in total. The molecule has 7 aromatic carbocycles. The normalized spacial score (nSPS) is 30.2. The molecule has 0 saturated heterocycles. The molecule has 0 radical (unpaired) electrons. The maximum Gasteiger partial charge on any atom is 0.137 e. The molecule has 0 spiro atoms. The molecule has 0 atom stereocenters. The molecule has 12 rings (SSSR count). The van der Waals surface area contributed by atoms with Crippen molar-refractivity contribution in [2.75, 3.05) is 16.5 Å². The summed E-state index contributed by atoms with van der Waals surface area (Å²) in [5.74, 6) is 0.771. The molecular formula is C70H74N4O. The van der Waals surface area contributed by atoms with Crippen molar-refractivity contribution >= 4 is 44.6 Å². The molecule has 2 aliphatic carbocycles. The molecule has 9 aromatic rings. The third kappa shape index (κ3) is 8.15. The van der Waals surface area contributed by atoms with Crippen LogP contribution in [0.25, 0.3) is 49.9 Å². The van der Waals surface area contributed by atoms with Crippen LogP contribution in [-0.2, 0) is 27.1 Å². The fourth-order valence-electron chi connectivity index (χ4n) is 10.0. The van der Waals surface area contributed by atoms with Gasteiger partial charge in [0, 0.05) is 98.0 Å². The van der Waals surface area contributed by atoms with E-state index in [0.29, 0.717) is 11.3 Å². The highest BCUT2D eigenvalue weighted by Gasteiger charge is 2.40. The van der Waals surface area contributed by atoms with Gasteiger partial charge in [0.05, 0.1) is 36.3 Å². The molecule has 2 aromatic heterocycles. The van der Waals surface area contributed by atoms with Gasteiger partial charge in [-0.3, -0.25) is 4.57 Å². The minimum atomic E-state index is -5.05. The van der Waals surface area contributed by atoms with Crippen molar-refractivity contribution in [2.45, 2.75) is 142 Å². The largest absolute Gasteiger partial charge is 0.457 e. The molecule has 3 heterocycles. The molecule has 1 aliphatic heterocycles. The van der Waals surface area contributed by atoms with E-state index in [2.05, 4.69) is 0 Å². The number of rotatable bonds is 7. The van der Waals surface area contributed by atoms with E-state index in [1.165, 1.54) is 53.4 Å². The van der Waals surface area contributed by atoms with Gasteiger partial charge in [-0.25, -0.2) is 4.98 Å². The predicted octanol–water partition coefficient (Wildman–Crippen LogP) is 19.2. The Labute approximate surface area is 508 Å². The van der Waals surface area contributed by atoms with Crippen molar-refractivity contribution in [1.29, 1.82) is 0 Å². The van der Waals surface area contributed by atoms with Crippen molar-refractivity contribution < 1.29 is 65.1 Å². The maximum atomic E-state index is 10.6. The van der Waals surface area contributed by atoms with Gasteiger partial charge in [-0.05, 0) is 171 Å². The number of pyridine rings is 1. The number of aromatic nitrogens is 2. The molecule has 5 heteroatoms. The number of anilines is 4. The summed E-state index contributed by atoms with van der Waals surface area (Å²) in [6.07, 6.45) is -18.3. The first-order valence-electron chi connectivity index (χ1n) is 45.6. The fraction of sp³-hybridized carbons (Fsp3) is 0.329. The van der Waals surface area contributed by atoms with E-state index in [1.807, 2.05) is 61.7 Å². The first kappa shape index (κ1) is 20.1. The van der Waals surface area contributed by atoms with Gasteiger partial charge in [-0.15, -0.1) is 0 Å². The second kappa shape index (κ2) is 17.2. The van der Waals surface area contributed by atoms with Gasteiger partial charge < -0.3 is 14.5 Å². The lowest BCUT2D eigenvalue weighted by molar-refractivity contribution is 0.332. The number of benzene rings is 7. The molecule has 0 saturated carbocycles. The number of hydrogen-bond donors (Lipinski definition) is 0. The van der Waals surface area contributed by atoms with Gasteiger partial charge in [0.1, 0.15) is 24.0 Å². The van der Waals surface area contributed by atoms with E-state index in [-0.39, 0.29) is 34.4 Å². The SMILES string of the molecule is [2H]c1c([2H])c2c(c([2H])c1-c1c(C([2H])([2H])[2H])cc(C([2H])([2H])[2H])c(-c3c([2H])c([2H])c4c(c3[2H])C(C([2H])([2H])[2H])(C([2H])([2H])[2H])C([2H])([2H])C([2H])([2H])C4(C([2H])([2H])[2H])C([2H])([2H])[2H])c1N1CN(c3cccc(Oc4ccc5c6ccccc6n(-c6cc(C(C)(C)C)ccn6)c5c4)c3)c3ccccc31)C(C([2H])([2H])[2H])(C([2H])([2H])[2H])C([2H])([2H])C([2H])([2H])C2(C([2H])([2H])[2H])C([2H])([2H])[2H]. The van der Waals surface area contributed by atoms with Crippen LogP contribution >= 0.6 is 0 Å². The second-order valence-electron chi connectivity index (χ2n) is 19.8. The Bertz CT molecular complexity index is 5390. The van der Waals surface area contributed by atoms with Gasteiger partial charge >= 0.3 is 0 Å². The van der Waals surface area contributed by atoms with Crippen molar-refractivity contribution in [3.63, 3.8) is 0 Å². The summed E-state index contributed by atoms with van der Waals surface area (Å²) < 4.78 is 421. The van der Waals surface area contributed by atoms with Gasteiger partial charge in [0.2, 0.25) is 0 Å². The van der Waals surface area contributed by atoms with Crippen LogP contribution in [0.4, 0.5) is 22.7 Å². The lowest BCUT2D eigenvalue weighted by Gasteiger charge is -2.42. The van der Waals surface area contributed by atoms with Crippen LogP contribution in [0.1, 0.15) is 200 Å². The van der Waals surface area contributed by atoms with E-state index in [0.717, 1.165) is 26.8 Å². The first-order valence-corrected chi connectivity index (χ1v) is 23.6. The Hall–Kier alpha value is -7.11. The third-order valence-corrected chi connectivity index (χ3v) is 13.7. The summed E-state index contributed by atoms with van der Waals surface area (Å²) in [5.41, 5.74) is -38.0. The first-order chi connectivity index (χ1) is 53.6. The average molecular weight is 1030 g/mol. The summed E-state index contributed by atoms with van der Waals surface area (Å²) in [6, 6.07) is 15.3. The molecule has 75 heavy (non-hydrogen) atoms. The van der Waals surface area contributed by atoms with Crippen LogP contribution in [-0.4, -0.2) is 16.2 Å². The molecule has 5 nitrogen and oxygen atoms in total. The number of aryl methyl sites for hydroxylation is 2. The van der Waals surface area contributed by atoms with Crippen molar-refractivity contribution in [1.82, 2.24) is 9.55 Å². The molecular weight excluding hydrogens is 913 g/mol. The highest BCUT2D eigenvalue weighted by Crippen LogP contribution is 2.55. The molecule has 0 amide bonds. The second-order valence-corrected chi connectivity index (χ2v) is 19.8. The van der Waals surface area contributed by atoms with Gasteiger partial charge in [-0.1, -0.05) is 154 Å². The van der Waals surface area contributed by atoms with Crippen LogP contribution in [0.15, 0.2) is 152 Å². The van der Waals surface area contributed by atoms with Gasteiger partial charge in [-0.2, -0.15) is 0 Å². The maximum absolute atomic E-state index is 10.6. The van der Waals surface area contributed by atoms with Crippen LogP contribution < -0.4 is 14.5 Å². The average Bonchev–Trinajstić information content (AvgIpc) is 1.08. The number of ether oxygens (including phenoxy) is 1. The Morgan fingerprint density at radius 3 is 1.75 bits per heavy atom. The Kier molecular flexibility index (Phi) is 4.62. The quantitative estimate of drug-likeness (QED) is 0.159. The summed E-state index contributed by atoms with van der Waals surface area (Å²) >= 11 is 0. The number of fused-ring (bicyclic) bond motifs is 6. The zero-order valence-electron chi connectivity index (χ0n) is 84.4. The number of hydrogen-bond acceptors (Lipinski definition) is 4. The molecule has 0 fully saturated rings. The zero-order chi connectivity index (χ0) is 90.0. The standard InChI is InChI=1S/C70H74N4O/c1-44-37-45(2)64(47-26-30-55-57(39-47)70(12,13)35-33-68(55,8)9)65(63(44)46-25-29-54-56(38-46)69(10,11)34-32-67(54,6)7)73-43-72(59-23-16-17-24-60(59)73)49-19-18-20-50(41-49)75-51-27-28-53-52-21-14-15-22-58(52)74(61(53)42-51)62-40-48(31-36-71-62)66(3,4)5/h14-31,36-42H,32-35,43H2,1-13H3/i1D3,2D3,6D3,7D3,8D3,9D3,10D3,11D3,12D3,13D3,25D,26D,29D,30D,32D2,33D2,34D2,35D2,38D,39D. The lowest BCUT2D eigenvalue weighted by Crippen LogP contribution is -2.33. The Morgan fingerprint density at radius 1 is 0.560 bits per heavy atom. The van der Waals surface area contributed by atoms with E-state index >= 15 is 0 Å². The van der Waals surface area contributed by atoms with Crippen LogP contribution in [0.3, 0.4) is 0 Å². The molecule has 3 aliphatic rings. The summed E-state index contributed by atoms with van der Waals surface area (Å²) in [7, 11) is 0. The Morgan fingerprint density at radius 2 is 1.13 bits per heavy atom. The van der Waals surface area contributed by atoms with Crippen LogP contribution in [0.2, 0.25) is 0 Å². The predicted molar refractivity (Wildman–Crippen MR) is 317 cm³/mol. The van der Waals surface area contributed by atoms with Gasteiger partial charge in [0.15, 0.2) is 0 Å². The highest BCUT2D eigenvalue weighted by molar-refractivity contribution is 6.09. The smallest absolute Gasteiger partial charge is 0.137 e. The van der Waals surface area contributed by atoms with Crippen LogP contribution in [0, 0.1) is 13.7 Å². The highest BCUT2D eigenvalue weighted by atomic mass is 16.5. The lowest BCUT2D eigenvalue weighted by atomic mass is 9.62. The van der Waals surface area contributed by atoms with E-state index in [9.17, 15) is 27.4 Å². The number of nitrogens with zero attached hydrogens (tertiary/aromatic N) is 4. The number of para-hydroxylation sites is 3. The summed E-state index contributed by atoms with van der Waals surface area (Å²) in [6.45, 7) is -41.1. The van der Waals surface area contributed by atoms with Crippen molar-refractivity contribution in [3.05, 3.63) is 191 Å². The minimum absolute atomic E-state index is 0.0146. The van der Waals surface area contributed by atoms with E-state index in [1.54, 1.807) is 24.4 Å². The van der Waals surface area contributed by atoms with Gasteiger partial charge in [0.25, 0.3) is 0 Å². The molecule has 380 valence electrons. The summed E-state index contributed by atoms with van der Waals surface area (Å²) in [4.78, 5) is 6.90.